The van der Waals surface area contributed by atoms with E-state index >= 15 is 0 Å². The Balaban J connectivity index is 0.00000264. The van der Waals surface area contributed by atoms with Gasteiger partial charge >= 0.3 is 149 Å². The Morgan fingerprint density at radius 1 is 0.958 bits per heavy atom. The Hall–Kier alpha value is 0.0843. The van der Waals surface area contributed by atoms with Crippen LogP contribution < -0.4 is 3.32 Å². The molecule has 1 aromatic rings. The summed E-state index contributed by atoms with van der Waals surface area (Å²) in [5, 5.41) is 0.753. The molecule has 0 radical (unpaired) electrons. The number of benzene rings is 1. The van der Waals surface area contributed by atoms with E-state index in [4.69, 9.17) is 14.9 Å². The van der Waals surface area contributed by atoms with Crippen molar-refractivity contribution in [3.8, 4) is 5.75 Å². The molecule has 0 amide bonds. The molecule has 5 heteroatoms. The molecule has 0 bridgehead atoms. The molecule has 0 fully saturated rings. The third-order valence-electron chi connectivity index (χ3n) is 3.77. The fraction of sp³-hybridized carbons (Fsp3) is 0.474. The van der Waals surface area contributed by atoms with Gasteiger partial charge in [0.1, 0.15) is 0 Å². The van der Waals surface area contributed by atoms with Gasteiger partial charge in [0.05, 0.1) is 0 Å². The first kappa shape index (κ1) is 24.1. The van der Waals surface area contributed by atoms with Crippen molar-refractivity contribution in [1.29, 1.82) is 0 Å². The molecule has 134 valence electrons. The average molecular weight is 426 g/mol. The van der Waals surface area contributed by atoms with Crippen molar-refractivity contribution in [1.82, 2.24) is 0 Å². The van der Waals surface area contributed by atoms with Crippen LogP contribution in [0.1, 0.15) is 53.5 Å². The van der Waals surface area contributed by atoms with Gasteiger partial charge in [-0.3, -0.25) is 0 Å². The van der Waals surface area contributed by atoms with E-state index in [0.717, 1.165) is 17.2 Å². The maximum atomic E-state index is 6.26. The molecule has 0 unspecified atom stereocenters. The Kier molecular flexibility index (Phi) is 9.18. The molecule has 1 aliphatic rings. The zero-order chi connectivity index (χ0) is 16.5. The van der Waals surface area contributed by atoms with Crippen molar-refractivity contribution >= 4 is 36.4 Å². The molecule has 1 nitrogen and oxygen atoms in total. The van der Waals surface area contributed by atoms with Crippen LogP contribution in [0.4, 0.5) is 0 Å². The van der Waals surface area contributed by atoms with Crippen LogP contribution in [0.2, 0.25) is 5.02 Å². The average Bonchev–Trinajstić information content (AvgIpc) is 2.83. The van der Waals surface area contributed by atoms with Crippen LogP contribution in [0.15, 0.2) is 39.8 Å². The van der Waals surface area contributed by atoms with E-state index < -0.39 is 19.5 Å². The second-order valence-corrected chi connectivity index (χ2v) is 9.89. The topological polar surface area (TPSA) is 9.23 Å². The summed E-state index contributed by atoms with van der Waals surface area (Å²) in [6.07, 6.45) is 5.56. The Labute approximate surface area is 173 Å². The van der Waals surface area contributed by atoms with E-state index in [1.54, 1.807) is 0 Å². The van der Waals surface area contributed by atoms with Gasteiger partial charge in [-0.15, -0.1) is 24.8 Å². The second-order valence-electron chi connectivity index (χ2n) is 7.88. The van der Waals surface area contributed by atoms with Gasteiger partial charge in [-0.05, 0) is 0 Å². The first-order valence-corrected chi connectivity index (χ1v) is 9.51. The quantitative estimate of drug-likeness (QED) is 0.469. The molecule has 0 heterocycles. The summed E-state index contributed by atoms with van der Waals surface area (Å²) < 4.78 is 7.67. The summed E-state index contributed by atoms with van der Waals surface area (Å²) in [7, 11) is 0. The molecular formula is C19H27Cl3OTi. The van der Waals surface area contributed by atoms with Crippen LogP contribution in [0.5, 0.6) is 5.75 Å². The normalized spacial score (nSPS) is 14.1. The van der Waals surface area contributed by atoms with Crippen LogP contribution in [-0.4, -0.2) is 0 Å². The molecule has 0 atom stereocenters. The smallest absolute Gasteiger partial charge is 0.147 e. The van der Waals surface area contributed by atoms with E-state index in [1.807, 2.05) is 12.1 Å². The zero-order valence-corrected chi connectivity index (χ0v) is 19.1. The van der Waals surface area contributed by atoms with Gasteiger partial charge in [0.25, 0.3) is 0 Å². The summed E-state index contributed by atoms with van der Waals surface area (Å²) in [6, 6.07) is 6.10. The molecule has 24 heavy (non-hydrogen) atoms. The first-order valence-electron chi connectivity index (χ1n) is 7.71. The fourth-order valence-electron chi connectivity index (χ4n) is 2.48. The number of rotatable bonds is 3. The van der Waals surface area contributed by atoms with Crippen LogP contribution in [-0.2, 0) is 25.0 Å². The summed E-state index contributed by atoms with van der Waals surface area (Å²) in [4.78, 5) is 0. The van der Waals surface area contributed by atoms with Gasteiger partial charge in [-0.1, -0.05) is 0 Å². The Morgan fingerprint density at radius 2 is 1.58 bits per heavy atom. The van der Waals surface area contributed by atoms with Gasteiger partial charge < -0.3 is 0 Å². The first-order chi connectivity index (χ1) is 10.1. The molecule has 1 aromatic carbocycles. The summed E-state index contributed by atoms with van der Waals surface area (Å²) in [5.41, 5.74) is 2.94. The maximum absolute atomic E-state index is 6.26. The van der Waals surface area contributed by atoms with Crippen molar-refractivity contribution in [2.45, 2.75) is 53.4 Å². The minimum atomic E-state index is -0.617. The van der Waals surface area contributed by atoms with Gasteiger partial charge in [-0.25, -0.2) is 0 Å². The molecule has 0 N–H and O–H groups in total. The van der Waals surface area contributed by atoms with Gasteiger partial charge in [0, 0.05) is 0 Å². The molecule has 0 saturated carbocycles. The van der Waals surface area contributed by atoms with Crippen molar-refractivity contribution in [2.24, 2.45) is 5.41 Å². The van der Waals surface area contributed by atoms with E-state index in [2.05, 4.69) is 59.8 Å². The third kappa shape index (κ3) is 6.43. The summed E-state index contributed by atoms with van der Waals surface area (Å²) >= 11 is 5.65. The third-order valence-corrected chi connectivity index (χ3v) is 5.64. The van der Waals surface area contributed by atoms with Crippen molar-refractivity contribution in [3.63, 3.8) is 0 Å². The van der Waals surface area contributed by atoms with Crippen LogP contribution in [0, 0.1) is 5.41 Å². The number of hydrogen-bond donors (Lipinski definition) is 0. The monoisotopic (exact) mass is 424 g/mol. The summed E-state index contributed by atoms with van der Waals surface area (Å²) in [6.45, 7) is 13.4. The zero-order valence-electron chi connectivity index (χ0n) is 15.2. The standard InChI is InChI=1S/C10H13ClO.C9H13.2ClH.Ti/c1-10(2,3)7-4-8(11)6-9(12)5-7;1-9(2,3)8-6-4-5-7-8;;;/h4-6,12H,1-3H3;4,6H,5H2,1-3H3;2*1H;/q;;;;+1/p-1. The molecule has 0 aliphatic heterocycles. The molecule has 2 rings (SSSR count). The predicted octanol–water partition coefficient (Wildman–Crippen LogP) is 7.12. The second kappa shape index (κ2) is 9.15. The Bertz CT molecular complexity index is 622. The van der Waals surface area contributed by atoms with Gasteiger partial charge in [0.15, 0.2) is 0 Å². The van der Waals surface area contributed by atoms with Gasteiger partial charge in [0.2, 0.25) is 0 Å². The molecule has 0 aromatic heterocycles. The molecule has 1 aliphatic carbocycles. The molecule has 0 saturated heterocycles. The minimum absolute atomic E-state index is 0. The van der Waals surface area contributed by atoms with Crippen LogP contribution in [0.25, 0.3) is 0 Å². The number of halogens is 3. The SMILES string of the molecule is CC(C)(C)C1=[C]([Ti][O]c2cc(Cl)cc(C(C)(C)C)c2)CC=C1.Cl.Cl. The van der Waals surface area contributed by atoms with Crippen LogP contribution >= 0.6 is 36.4 Å². The predicted molar refractivity (Wildman–Crippen MR) is 106 cm³/mol. The van der Waals surface area contributed by atoms with Crippen molar-refractivity contribution < 1.29 is 22.9 Å². The summed E-state index contributed by atoms with van der Waals surface area (Å²) in [5.74, 6) is 0.907. The number of allylic oxidation sites excluding steroid dienone is 4. The Morgan fingerprint density at radius 3 is 2.12 bits per heavy atom. The number of hydrogen-bond acceptors (Lipinski definition) is 1. The van der Waals surface area contributed by atoms with Crippen LogP contribution in [0.3, 0.4) is 0 Å². The van der Waals surface area contributed by atoms with E-state index in [1.165, 1.54) is 15.0 Å². The maximum Gasteiger partial charge on any atom is -0.147 e. The largest absolute Gasteiger partial charge is 0.147 e. The van der Waals surface area contributed by atoms with Crippen molar-refractivity contribution in [2.75, 3.05) is 0 Å². The van der Waals surface area contributed by atoms with E-state index in [-0.39, 0.29) is 35.6 Å². The van der Waals surface area contributed by atoms with Crippen molar-refractivity contribution in [3.05, 3.63) is 50.4 Å². The van der Waals surface area contributed by atoms with E-state index in [0.29, 0.717) is 0 Å². The molecular weight excluding hydrogens is 398 g/mol. The minimum Gasteiger partial charge on any atom is -0.147 e. The molecule has 0 spiro atoms. The van der Waals surface area contributed by atoms with E-state index in [9.17, 15) is 0 Å². The fourth-order valence-corrected chi connectivity index (χ4v) is 4.47. The van der Waals surface area contributed by atoms with Gasteiger partial charge in [-0.2, -0.15) is 0 Å².